The minimum atomic E-state index is 0.251. The van der Waals surface area contributed by atoms with Gasteiger partial charge >= 0.3 is 0 Å². The Bertz CT molecular complexity index is 446. The maximum absolute atomic E-state index is 6.43. The number of halogens is 1. The number of piperazine rings is 1. The number of benzene rings is 1. The molecule has 2 rings (SSSR count). The Morgan fingerprint density at radius 2 is 1.80 bits per heavy atom. The van der Waals surface area contributed by atoms with E-state index in [1.165, 1.54) is 5.56 Å². The van der Waals surface area contributed by atoms with E-state index in [4.69, 9.17) is 17.3 Å². The summed E-state index contributed by atoms with van der Waals surface area (Å²) in [5, 5.41) is 0.847. The van der Waals surface area contributed by atoms with Crippen molar-refractivity contribution in [3.8, 4) is 0 Å². The molecule has 1 heterocycles. The molecule has 1 aromatic carbocycles. The normalized spacial score (nSPS) is 17.6. The Labute approximate surface area is 127 Å². The van der Waals surface area contributed by atoms with Gasteiger partial charge in [0, 0.05) is 31.7 Å². The minimum absolute atomic E-state index is 0.251. The summed E-state index contributed by atoms with van der Waals surface area (Å²) in [6.07, 6.45) is 0.887. The van der Waals surface area contributed by atoms with Crippen LogP contribution in [0.25, 0.3) is 0 Å². The molecule has 3 nitrogen and oxygen atoms in total. The average molecular weight is 296 g/mol. The number of hydrogen-bond acceptors (Lipinski definition) is 3. The molecular weight excluding hydrogens is 270 g/mol. The molecule has 0 amide bonds. The molecule has 1 aliphatic heterocycles. The first kappa shape index (κ1) is 15.6. The molecule has 1 aromatic rings. The molecule has 0 atom stereocenters. The highest BCUT2D eigenvalue weighted by atomic mass is 35.5. The summed E-state index contributed by atoms with van der Waals surface area (Å²) in [4.78, 5) is 4.91. The van der Waals surface area contributed by atoms with E-state index in [-0.39, 0.29) is 5.54 Å². The van der Waals surface area contributed by atoms with Crippen molar-refractivity contribution >= 4 is 17.3 Å². The van der Waals surface area contributed by atoms with Crippen molar-refractivity contribution in [3.05, 3.63) is 28.8 Å². The fourth-order valence-electron chi connectivity index (χ4n) is 2.75. The van der Waals surface area contributed by atoms with Crippen LogP contribution in [0.2, 0.25) is 5.02 Å². The first-order chi connectivity index (χ1) is 9.41. The second-order valence-electron chi connectivity index (χ2n) is 6.47. The first-order valence-corrected chi connectivity index (χ1v) is 7.78. The van der Waals surface area contributed by atoms with Gasteiger partial charge in [0.15, 0.2) is 0 Å². The van der Waals surface area contributed by atoms with Gasteiger partial charge in [0.25, 0.3) is 0 Å². The highest BCUT2D eigenvalue weighted by molar-refractivity contribution is 6.33. The lowest BCUT2D eigenvalue weighted by Crippen LogP contribution is -2.53. The SMILES string of the molecule is CC(C)(C)N1CCN(c2ccc(CCN)cc2Cl)CC1. The van der Waals surface area contributed by atoms with Gasteiger partial charge in [0.05, 0.1) is 10.7 Å². The van der Waals surface area contributed by atoms with Gasteiger partial charge in [-0.2, -0.15) is 0 Å². The van der Waals surface area contributed by atoms with Gasteiger partial charge in [0.1, 0.15) is 0 Å². The van der Waals surface area contributed by atoms with Crippen molar-refractivity contribution in [2.45, 2.75) is 32.7 Å². The van der Waals surface area contributed by atoms with Gasteiger partial charge < -0.3 is 10.6 Å². The van der Waals surface area contributed by atoms with Crippen LogP contribution in [-0.4, -0.2) is 43.2 Å². The van der Waals surface area contributed by atoms with Crippen LogP contribution in [0.5, 0.6) is 0 Å². The Morgan fingerprint density at radius 1 is 1.15 bits per heavy atom. The van der Waals surface area contributed by atoms with E-state index >= 15 is 0 Å². The predicted molar refractivity (Wildman–Crippen MR) is 87.7 cm³/mol. The molecule has 0 aliphatic carbocycles. The van der Waals surface area contributed by atoms with Crippen LogP contribution in [0.4, 0.5) is 5.69 Å². The molecule has 1 fully saturated rings. The van der Waals surface area contributed by atoms with Crippen molar-refractivity contribution in [1.82, 2.24) is 4.90 Å². The van der Waals surface area contributed by atoms with Crippen LogP contribution in [0.1, 0.15) is 26.3 Å². The van der Waals surface area contributed by atoms with Crippen molar-refractivity contribution in [3.63, 3.8) is 0 Å². The Hall–Kier alpha value is -0.770. The summed E-state index contributed by atoms with van der Waals surface area (Å²) in [6.45, 7) is 11.7. The van der Waals surface area contributed by atoms with Crippen LogP contribution in [0.3, 0.4) is 0 Å². The Balaban J connectivity index is 2.03. The lowest BCUT2D eigenvalue weighted by Gasteiger charge is -2.43. The number of nitrogens with zero attached hydrogens (tertiary/aromatic N) is 2. The topological polar surface area (TPSA) is 32.5 Å². The zero-order valence-corrected chi connectivity index (χ0v) is 13.6. The quantitative estimate of drug-likeness (QED) is 0.931. The number of rotatable bonds is 3. The molecule has 0 bridgehead atoms. The van der Waals surface area contributed by atoms with Crippen LogP contribution in [0.15, 0.2) is 18.2 Å². The van der Waals surface area contributed by atoms with E-state index in [2.05, 4.69) is 48.8 Å². The third-order valence-corrected chi connectivity index (χ3v) is 4.32. The van der Waals surface area contributed by atoms with Crippen molar-refractivity contribution in [1.29, 1.82) is 0 Å². The molecule has 0 radical (unpaired) electrons. The summed E-state index contributed by atoms with van der Waals surface area (Å²) >= 11 is 6.43. The van der Waals surface area contributed by atoms with E-state index < -0.39 is 0 Å². The van der Waals surface area contributed by atoms with E-state index in [9.17, 15) is 0 Å². The standard InChI is InChI=1S/C16H26ClN3/c1-16(2,3)20-10-8-19(9-11-20)15-5-4-13(6-7-18)12-14(15)17/h4-5,12H,6-11,18H2,1-3H3. The zero-order chi connectivity index (χ0) is 14.8. The van der Waals surface area contributed by atoms with Gasteiger partial charge in [-0.15, -0.1) is 0 Å². The van der Waals surface area contributed by atoms with Gasteiger partial charge in [-0.1, -0.05) is 17.7 Å². The highest BCUT2D eigenvalue weighted by Crippen LogP contribution is 2.29. The molecule has 2 N–H and O–H groups in total. The molecule has 4 heteroatoms. The molecule has 0 aromatic heterocycles. The van der Waals surface area contributed by atoms with Gasteiger partial charge in [-0.05, 0) is 51.4 Å². The molecule has 1 saturated heterocycles. The minimum Gasteiger partial charge on any atom is -0.368 e. The van der Waals surface area contributed by atoms with Crippen molar-refractivity contribution < 1.29 is 0 Å². The summed E-state index contributed by atoms with van der Waals surface area (Å²) in [5.41, 5.74) is 8.21. The third-order valence-electron chi connectivity index (χ3n) is 4.01. The Kier molecular flexibility index (Phi) is 4.95. The molecule has 20 heavy (non-hydrogen) atoms. The number of hydrogen-bond donors (Lipinski definition) is 1. The maximum Gasteiger partial charge on any atom is 0.0642 e. The largest absolute Gasteiger partial charge is 0.368 e. The summed E-state index contributed by atoms with van der Waals surface area (Å²) in [6, 6.07) is 6.34. The smallest absolute Gasteiger partial charge is 0.0642 e. The molecule has 0 spiro atoms. The number of nitrogens with two attached hydrogens (primary N) is 1. The molecule has 0 unspecified atom stereocenters. The van der Waals surface area contributed by atoms with Crippen LogP contribution < -0.4 is 10.6 Å². The highest BCUT2D eigenvalue weighted by Gasteiger charge is 2.26. The molecule has 112 valence electrons. The summed E-state index contributed by atoms with van der Waals surface area (Å²) in [7, 11) is 0. The Morgan fingerprint density at radius 3 is 2.30 bits per heavy atom. The van der Waals surface area contributed by atoms with E-state index in [0.29, 0.717) is 6.54 Å². The van der Waals surface area contributed by atoms with Crippen molar-refractivity contribution in [2.24, 2.45) is 5.73 Å². The van der Waals surface area contributed by atoms with Gasteiger partial charge in [-0.3, -0.25) is 4.90 Å². The third kappa shape index (κ3) is 3.66. The predicted octanol–water partition coefficient (Wildman–Crippen LogP) is 2.76. The van der Waals surface area contributed by atoms with E-state index in [0.717, 1.165) is 43.3 Å². The van der Waals surface area contributed by atoms with Gasteiger partial charge in [-0.25, -0.2) is 0 Å². The second-order valence-corrected chi connectivity index (χ2v) is 6.88. The van der Waals surface area contributed by atoms with Crippen LogP contribution in [-0.2, 0) is 6.42 Å². The molecule has 0 saturated carbocycles. The number of anilines is 1. The summed E-state index contributed by atoms with van der Waals surface area (Å²) < 4.78 is 0. The van der Waals surface area contributed by atoms with E-state index in [1.807, 2.05) is 0 Å². The van der Waals surface area contributed by atoms with Crippen molar-refractivity contribution in [2.75, 3.05) is 37.6 Å². The fourth-order valence-corrected chi connectivity index (χ4v) is 3.07. The first-order valence-electron chi connectivity index (χ1n) is 7.40. The second kappa shape index (κ2) is 6.33. The van der Waals surface area contributed by atoms with Crippen LogP contribution >= 0.6 is 11.6 Å². The van der Waals surface area contributed by atoms with Gasteiger partial charge in [0.2, 0.25) is 0 Å². The zero-order valence-electron chi connectivity index (χ0n) is 12.8. The lowest BCUT2D eigenvalue weighted by atomic mass is 10.0. The monoisotopic (exact) mass is 295 g/mol. The fraction of sp³-hybridized carbons (Fsp3) is 0.625. The summed E-state index contributed by atoms with van der Waals surface area (Å²) in [5.74, 6) is 0. The lowest BCUT2D eigenvalue weighted by molar-refractivity contribution is 0.128. The molecule has 1 aliphatic rings. The molecular formula is C16H26ClN3. The van der Waals surface area contributed by atoms with Crippen LogP contribution in [0, 0.1) is 0 Å². The average Bonchev–Trinajstić information content (AvgIpc) is 2.38. The van der Waals surface area contributed by atoms with E-state index in [1.54, 1.807) is 0 Å². The maximum atomic E-state index is 6.43.